The number of para-hydroxylation sites is 1. The highest BCUT2D eigenvalue weighted by molar-refractivity contribution is 8.01. The molecule has 1 aromatic heterocycles. The molecule has 9 nitrogen and oxygen atoms in total. The van der Waals surface area contributed by atoms with Gasteiger partial charge in [0.2, 0.25) is 0 Å². The number of carbonyl (C=O) groups excluding carboxylic acids is 1. The van der Waals surface area contributed by atoms with Crippen molar-refractivity contribution in [2.24, 2.45) is 0 Å². The van der Waals surface area contributed by atoms with E-state index in [0.717, 1.165) is 14.9 Å². The number of sulfonamides is 1. The van der Waals surface area contributed by atoms with Gasteiger partial charge in [0.25, 0.3) is 15.9 Å². The summed E-state index contributed by atoms with van der Waals surface area (Å²) < 4.78 is 35.8. The Morgan fingerprint density at radius 2 is 1.68 bits per heavy atom. The minimum atomic E-state index is -4.13. The van der Waals surface area contributed by atoms with Gasteiger partial charge in [0, 0.05) is 17.4 Å². The number of aryl methyl sites for hydroxylation is 1. The van der Waals surface area contributed by atoms with E-state index in [2.05, 4.69) is 15.5 Å². The molecule has 0 N–H and O–H groups in total. The van der Waals surface area contributed by atoms with Crippen molar-refractivity contribution in [3.05, 3.63) is 89.7 Å². The molecule has 1 aliphatic heterocycles. The molecular weight excluding hydrogens is 522 g/mol. The summed E-state index contributed by atoms with van der Waals surface area (Å²) in [6, 6.07) is 22.1. The quantitative estimate of drug-likeness (QED) is 0.277. The first-order valence-electron chi connectivity index (χ1n) is 12.2. The molecule has 2 heterocycles. The first kappa shape index (κ1) is 25.9. The van der Waals surface area contributed by atoms with E-state index in [1.807, 2.05) is 74.5 Å². The van der Waals surface area contributed by atoms with Crippen LogP contribution in [0, 0.1) is 0 Å². The molecular formula is C27H27N5O4S2. The number of tetrazole rings is 1. The van der Waals surface area contributed by atoms with Crippen molar-refractivity contribution >= 4 is 27.7 Å². The summed E-state index contributed by atoms with van der Waals surface area (Å²) in [6.07, 6.45) is 0.655. The van der Waals surface area contributed by atoms with Crippen LogP contribution in [0.25, 0.3) is 5.69 Å². The van der Waals surface area contributed by atoms with E-state index in [1.54, 1.807) is 10.7 Å². The van der Waals surface area contributed by atoms with Crippen LogP contribution in [0.4, 0.5) is 0 Å². The summed E-state index contributed by atoms with van der Waals surface area (Å²) in [7, 11) is -2.65. The molecule has 0 radical (unpaired) electrons. The van der Waals surface area contributed by atoms with Crippen LogP contribution in [0.2, 0.25) is 0 Å². The normalized spacial score (nSPS) is 15.1. The van der Waals surface area contributed by atoms with E-state index in [0.29, 0.717) is 30.0 Å². The van der Waals surface area contributed by atoms with Crippen molar-refractivity contribution in [3.63, 3.8) is 0 Å². The van der Waals surface area contributed by atoms with E-state index >= 15 is 0 Å². The van der Waals surface area contributed by atoms with Crippen LogP contribution in [-0.4, -0.2) is 51.3 Å². The molecule has 1 atom stereocenters. The molecule has 1 unspecified atom stereocenters. The molecule has 4 aromatic rings. The Balaban J connectivity index is 1.53. The van der Waals surface area contributed by atoms with Gasteiger partial charge in [-0.2, -0.15) is 4.68 Å². The largest absolute Gasteiger partial charge is 0.497 e. The minimum absolute atomic E-state index is 0.0154. The fraction of sp³-hybridized carbons (Fsp3) is 0.259. The van der Waals surface area contributed by atoms with Crippen molar-refractivity contribution in [2.45, 2.75) is 47.8 Å². The standard InChI is InChI=1S/C27H27N5O4S2/c1-18(2)22-16-20(36-3)17-23-26(22)27(33)32(38(23,34)35)25(37-21-12-8-5-9-13-21)15-14-24-28-29-30-31(24)19-10-6-4-7-11-19/h4-13,16-18,25H,14-15H2,1-3H3. The van der Waals surface area contributed by atoms with Gasteiger partial charge in [-0.05, 0) is 58.7 Å². The second-order valence-electron chi connectivity index (χ2n) is 9.12. The summed E-state index contributed by atoms with van der Waals surface area (Å²) in [5.41, 5.74) is 1.66. The van der Waals surface area contributed by atoms with Gasteiger partial charge in [0.05, 0.1) is 23.7 Å². The molecule has 196 valence electrons. The Hall–Kier alpha value is -3.70. The van der Waals surface area contributed by atoms with E-state index in [-0.39, 0.29) is 16.4 Å². The molecule has 1 aliphatic rings. The Morgan fingerprint density at radius 1 is 1.00 bits per heavy atom. The number of benzene rings is 3. The molecule has 5 rings (SSSR count). The zero-order chi connectivity index (χ0) is 26.9. The SMILES string of the molecule is COc1cc(C(C)C)c2c(c1)S(=O)(=O)N(C(CCc1nnnn1-c1ccccc1)Sc1ccccc1)C2=O. The fourth-order valence-corrected chi connectivity index (χ4v) is 7.68. The minimum Gasteiger partial charge on any atom is -0.497 e. The number of rotatable bonds is 9. The molecule has 0 saturated heterocycles. The van der Waals surface area contributed by atoms with Gasteiger partial charge in [-0.1, -0.05) is 62.0 Å². The highest BCUT2D eigenvalue weighted by Gasteiger charge is 2.47. The summed E-state index contributed by atoms with van der Waals surface area (Å²) in [6.45, 7) is 3.86. The van der Waals surface area contributed by atoms with Crippen LogP contribution < -0.4 is 4.74 Å². The van der Waals surface area contributed by atoms with E-state index in [4.69, 9.17) is 4.74 Å². The molecule has 0 spiro atoms. The number of ether oxygens (including phenoxy) is 1. The smallest absolute Gasteiger partial charge is 0.270 e. The Labute approximate surface area is 225 Å². The molecule has 0 aliphatic carbocycles. The maximum absolute atomic E-state index is 13.9. The number of carbonyl (C=O) groups is 1. The molecule has 11 heteroatoms. The monoisotopic (exact) mass is 549 g/mol. The molecule has 38 heavy (non-hydrogen) atoms. The lowest BCUT2D eigenvalue weighted by Crippen LogP contribution is -2.38. The summed E-state index contributed by atoms with van der Waals surface area (Å²) in [5.74, 6) is 0.372. The number of amides is 1. The zero-order valence-corrected chi connectivity index (χ0v) is 22.8. The van der Waals surface area contributed by atoms with Crippen LogP contribution in [0.1, 0.15) is 47.9 Å². The highest BCUT2D eigenvalue weighted by Crippen LogP contribution is 2.43. The Bertz CT molecular complexity index is 1560. The van der Waals surface area contributed by atoms with Crippen molar-refractivity contribution in [2.75, 3.05) is 7.11 Å². The first-order valence-corrected chi connectivity index (χ1v) is 14.5. The van der Waals surface area contributed by atoms with E-state index in [1.165, 1.54) is 24.9 Å². The predicted octanol–water partition coefficient (Wildman–Crippen LogP) is 4.69. The lowest BCUT2D eigenvalue weighted by Gasteiger charge is -2.26. The first-order chi connectivity index (χ1) is 18.3. The van der Waals surface area contributed by atoms with Crippen molar-refractivity contribution in [1.29, 1.82) is 0 Å². The zero-order valence-electron chi connectivity index (χ0n) is 21.2. The highest BCUT2D eigenvalue weighted by atomic mass is 32.2. The van der Waals surface area contributed by atoms with E-state index in [9.17, 15) is 13.2 Å². The topological polar surface area (TPSA) is 107 Å². The van der Waals surface area contributed by atoms with Gasteiger partial charge >= 0.3 is 0 Å². The molecule has 3 aromatic carbocycles. The third kappa shape index (κ3) is 4.79. The van der Waals surface area contributed by atoms with Gasteiger partial charge in [-0.25, -0.2) is 12.7 Å². The molecule has 1 amide bonds. The molecule has 0 bridgehead atoms. The third-order valence-corrected chi connectivity index (χ3v) is 9.55. The molecule has 0 saturated carbocycles. The lowest BCUT2D eigenvalue weighted by molar-refractivity contribution is 0.0858. The number of thioether (sulfide) groups is 1. The van der Waals surface area contributed by atoms with Gasteiger partial charge in [0.15, 0.2) is 5.82 Å². The van der Waals surface area contributed by atoms with Crippen molar-refractivity contribution < 1.29 is 17.9 Å². The summed E-state index contributed by atoms with van der Waals surface area (Å²) >= 11 is 1.33. The maximum atomic E-state index is 13.9. The maximum Gasteiger partial charge on any atom is 0.270 e. The van der Waals surface area contributed by atoms with Gasteiger partial charge in [0.1, 0.15) is 10.6 Å². The lowest BCUT2D eigenvalue weighted by atomic mass is 9.96. The van der Waals surface area contributed by atoms with Crippen molar-refractivity contribution in [1.82, 2.24) is 24.5 Å². The van der Waals surface area contributed by atoms with Crippen LogP contribution in [-0.2, 0) is 16.4 Å². The van der Waals surface area contributed by atoms with Crippen LogP contribution >= 0.6 is 11.8 Å². The van der Waals surface area contributed by atoms with Gasteiger partial charge < -0.3 is 4.74 Å². The number of hydrogen-bond acceptors (Lipinski definition) is 8. The van der Waals surface area contributed by atoms with Crippen LogP contribution in [0.5, 0.6) is 5.75 Å². The Kier molecular flexibility index (Phi) is 7.22. The number of methoxy groups -OCH3 is 1. The second kappa shape index (κ2) is 10.6. The number of fused-ring (bicyclic) bond motifs is 1. The average molecular weight is 550 g/mol. The number of nitrogens with zero attached hydrogens (tertiary/aromatic N) is 5. The third-order valence-electron chi connectivity index (χ3n) is 6.34. The average Bonchev–Trinajstić information content (AvgIpc) is 3.47. The summed E-state index contributed by atoms with van der Waals surface area (Å²) in [5, 5.41) is 11.4. The molecule has 0 fully saturated rings. The van der Waals surface area contributed by atoms with Crippen LogP contribution in [0.3, 0.4) is 0 Å². The van der Waals surface area contributed by atoms with Crippen LogP contribution in [0.15, 0.2) is 82.6 Å². The van der Waals surface area contributed by atoms with Gasteiger partial charge in [-0.15, -0.1) is 5.10 Å². The number of hydrogen-bond donors (Lipinski definition) is 0. The van der Waals surface area contributed by atoms with Crippen molar-refractivity contribution in [3.8, 4) is 11.4 Å². The van der Waals surface area contributed by atoms with E-state index < -0.39 is 21.3 Å². The Morgan fingerprint density at radius 3 is 2.34 bits per heavy atom. The predicted molar refractivity (Wildman–Crippen MR) is 144 cm³/mol. The fourth-order valence-electron chi connectivity index (χ4n) is 4.49. The summed E-state index contributed by atoms with van der Waals surface area (Å²) in [4.78, 5) is 14.7. The van der Waals surface area contributed by atoms with Gasteiger partial charge in [-0.3, -0.25) is 4.79 Å². The number of aromatic nitrogens is 4. The second-order valence-corrected chi connectivity index (χ2v) is 12.2.